The molecule has 0 atom stereocenters. The number of piperidine rings is 1. The summed E-state index contributed by atoms with van der Waals surface area (Å²) in [5, 5.41) is 4.88. The lowest BCUT2D eigenvalue weighted by Crippen LogP contribution is -2.47. The van der Waals surface area contributed by atoms with Crippen molar-refractivity contribution in [3.8, 4) is 5.75 Å². The number of benzene rings is 2. The smallest absolute Gasteiger partial charge is 0.193 e. The van der Waals surface area contributed by atoms with Crippen LogP contribution in [0.2, 0.25) is 0 Å². The Labute approximate surface area is 195 Å². The zero-order valence-corrected chi connectivity index (χ0v) is 20.1. The molecule has 0 saturated carbocycles. The molecule has 2 heterocycles. The molecule has 1 saturated heterocycles. The molecule has 160 valence electrons. The van der Waals surface area contributed by atoms with Gasteiger partial charge in [0.05, 0.1) is 0 Å². The summed E-state index contributed by atoms with van der Waals surface area (Å²) < 4.78 is 6.11. The maximum absolute atomic E-state index is 6.11. The topological polar surface area (TPSA) is 52.7 Å². The Kier molecular flexibility index (Phi) is 8.01. The molecule has 0 radical (unpaired) electrons. The van der Waals surface area contributed by atoms with Crippen LogP contribution < -0.4 is 10.1 Å². The number of nitrogens with zero attached hydrogens (tertiary/aromatic N) is 2. The Morgan fingerprint density at radius 2 is 1.80 bits per heavy atom. The fraction of sp³-hybridized carbons (Fsp3) is 0.375. The minimum atomic E-state index is 0. The predicted molar refractivity (Wildman–Crippen MR) is 135 cm³/mol. The van der Waals surface area contributed by atoms with Crippen LogP contribution in [-0.2, 0) is 6.42 Å². The number of aromatic amines is 1. The van der Waals surface area contributed by atoms with E-state index in [-0.39, 0.29) is 30.1 Å². The number of hydrogen-bond donors (Lipinski definition) is 2. The number of ether oxygens (including phenoxy) is 1. The van der Waals surface area contributed by atoms with Gasteiger partial charge in [0.25, 0.3) is 0 Å². The molecule has 2 aromatic carbocycles. The van der Waals surface area contributed by atoms with E-state index in [9.17, 15) is 0 Å². The van der Waals surface area contributed by atoms with Crippen LogP contribution in [0.4, 0.5) is 0 Å². The van der Waals surface area contributed by atoms with Crippen molar-refractivity contribution in [3.63, 3.8) is 0 Å². The number of aliphatic imine (C=N–C) groups is 1. The Bertz CT molecular complexity index is 962. The molecule has 6 heteroatoms. The third kappa shape index (κ3) is 5.28. The number of aromatic nitrogens is 1. The number of fused-ring (bicyclic) bond motifs is 1. The molecule has 3 aromatic rings. The minimum Gasteiger partial charge on any atom is -0.490 e. The van der Waals surface area contributed by atoms with Crippen LogP contribution in [0.1, 0.15) is 24.1 Å². The van der Waals surface area contributed by atoms with Crippen LogP contribution in [0.15, 0.2) is 59.6 Å². The van der Waals surface area contributed by atoms with Gasteiger partial charge in [0, 0.05) is 56.1 Å². The van der Waals surface area contributed by atoms with Gasteiger partial charge < -0.3 is 19.9 Å². The number of H-pyrrole nitrogens is 1. The summed E-state index contributed by atoms with van der Waals surface area (Å²) >= 11 is 0. The summed E-state index contributed by atoms with van der Waals surface area (Å²) in [6, 6.07) is 18.6. The summed E-state index contributed by atoms with van der Waals surface area (Å²) in [5.74, 6) is 1.95. The van der Waals surface area contributed by atoms with Crippen molar-refractivity contribution in [2.24, 2.45) is 4.99 Å². The number of nitrogens with one attached hydrogen (secondary N) is 2. The van der Waals surface area contributed by atoms with E-state index in [1.54, 1.807) is 0 Å². The first-order valence-corrected chi connectivity index (χ1v) is 10.5. The summed E-state index contributed by atoms with van der Waals surface area (Å²) in [6.07, 6.45) is 3.28. The van der Waals surface area contributed by atoms with Crippen molar-refractivity contribution >= 4 is 40.8 Å². The molecule has 0 unspecified atom stereocenters. The third-order valence-corrected chi connectivity index (χ3v) is 5.68. The van der Waals surface area contributed by atoms with E-state index >= 15 is 0 Å². The average molecular weight is 518 g/mol. The van der Waals surface area contributed by atoms with Crippen LogP contribution >= 0.6 is 24.0 Å². The molecule has 5 nitrogen and oxygen atoms in total. The highest BCUT2D eigenvalue weighted by Crippen LogP contribution is 2.22. The molecule has 2 N–H and O–H groups in total. The van der Waals surface area contributed by atoms with Crippen molar-refractivity contribution in [1.82, 2.24) is 15.2 Å². The Hall–Kier alpha value is -2.22. The Morgan fingerprint density at radius 1 is 1.10 bits per heavy atom. The molecule has 1 aliphatic heterocycles. The number of para-hydroxylation sites is 2. The number of rotatable bonds is 5. The number of likely N-dealkylation sites (tertiary alicyclic amines) is 1. The van der Waals surface area contributed by atoms with E-state index in [2.05, 4.69) is 51.4 Å². The van der Waals surface area contributed by atoms with E-state index in [1.165, 1.54) is 22.2 Å². The summed E-state index contributed by atoms with van der Waals surface area (Å²) in [4.78, 5) is 10.3. The molecule has 0 bridgehead atoms. The largest absolute Gasteiger partial charge is 0.490 e. The molecular weight excluding hydrogens is 487 g/mol. The first-order chi connectivity index (χ1) is 14.2. The highest BCUT2D eigenvalue weighted by molar-refractivity contribution is 14.0. The SMILES string of the molecule is CN=C(NCCc1c(C)[nH]c2ccccc12)N1CCC(Oc2ccccc2)CC1.I. The van der Waals surface area contributed by atoms with Gasteiger partial charge in [-0.15, -0.1) is 24.0 Å². The van der Waals surface area contributed by atoms with Gasteiger partial charge in [0.2, 0.25) is 0 Å². The molecule has 4 rings (SSSR count). The fourth-order valence-corrected chi connectivity index (χ4v) is 4.17. The predicted octanol–water partition coefficient (Wildman–Crippen LogP) is 4.76. The zero-order chi connectivity index (χ0) is 20.1. The van der Waals surface area contributed by atoms with Gasteiger partial charge in [-0.05, 0) is 37.1 Å². The van der Waals surface area contributed by atoms with Crippen LogP contribution in [0.5, 0.6) is 5.75 Å². The monoisotopic (exact) mass is 518 g/mol. The van der Waals surface area contributed by atoms with Crippen molar-refractivity contribution in [3.05, 3.63) is 65.9 Å². The van der Waals surface area contributed by atoms with Gasteiger partial charge in [0.1, 0.15) is 11.9 Å². The first-order valence-electron chi connectivity index (χ1n) is 10.5. The van der Waals surface area contributed by atoms with Crippen LogP contribution in [-0.4, -0.2) is 48.6 Å². The van der Waals surface area contributed by atoms with Gasteiger partial charge in [-0.3, -0.25) is 4.99 Å². The van der Waals surface area contributed by atoms with Gasteiger partial charge >= 0.3 is 0 Å². The van der Waals surface area contributed by atoms with E-state index in [0.717, 1.165) is 50.6 Å². The Balaban J connectivity index is 0.00000256. The number of guanidine groups is 1. The standard InChI is InChI=1S/C24H30N4O.HI/c1-18-21(22-10-6-7-11-23(22)27-18)12-15-26-24(25-2)28-16-13-20(14-17-28)29-19-8-4-3-5-9-19;/h3-11,20,27H,12-17H2,1-2H3,(H,25,26);1H. The van der Waals surface area contributed by atoms with Crippen LogP contribution in [0, 0.1) is 6.92 Å². The van der Waals surface area contributed by atoms with Crippen molar-refractivity contribution in [2.45, 2.75) is 32.3 Å². The highest BCUT2D eigenvalue weighted by atomic mass is 127. The lowest BCUT2D eigenvalue weighted by molar-refractivity contribution is 0.129. The third-order valence-electron chi connectivity index (χ3n) is 5.68. The summed E-state index contributed by atoms with van der Waals surface area (Å²) in [6.45, 7) is 4.95. The van der Waals surface area contributed by atoms with Gasteiger partial charge in [-0.1, -0.05) is 36.4 Å². The molecule has 1 aliphatic rings. The Morgan fingerprint density at radius 3 is 2.53 bits per heavy atom. The lowest BCUT2D eigenvalue weighted by Gasteiger charge is -2.34. The minimum absolute atomic E-state index is 0. The van der Waals surface area contributed by atoms with E-state index in [4.69, 9.17) is 4.74 Å². The van der Waals surface area contributed by atoms with Crippen LogP contribution in [0.25, 0.3) is 10.9 Å². The molecule has 0 aliphatic carbocycles. The zero-order valence-electron chi connectivity index (χ0n) is 17.7. The number of hydrogen-bond acceptors (Lipinski definition) is 2. The highest BCUT2D eigenvalue weighted by Gasteiger charge is 2.22. The normalized spacial score (nSPS) is 15.1. The van der Waals surface area contributed by atoms with Gasteiger partial charge in [0.15, 0.2) is 5.96 Å². The second kappa shape index (κ2) is 10.7. The van der Waals surface area contributed by atoms with Crippen molar-refractivity contribution in [1.29, 1.82) is 0 Å². The lowest BCUT2D eigenvalue weighted by atomic mass is 10.1. The first kappa shape index (κ1) is 22.5. The second-order valence-electron chi connectivity index (χ2n) is 7.62. The fourth-order valence-electron chi connectivity index (χ4n) is 4.17. The summed E-state index contributed by atoms with van der Waals surface area (Å²) in [7, 11) is 1.87. The number of halogens is 1. The van der Waals surface area contributed by atoms with Crippen molar-refractivity contribution in [2.75, 3.05) is 26.7 Å². The van der Waals surface area contributed by atoms with Crippen molar-refractivity contribution < 1.29 is 4.74 Å². The van der Waals surface area contributed by atoms with Gasteiger partial charge in [-0.2, -0.15) is 0 Å². The maximum atomic E-state index is 6.11. The van der Waals surface area contributed by atoms with Gasteiger partial charge in [-0.25, -0.2) is 0 Å². The molecule has 0 spiro atoms. The molecule has 0 amide bonds. The number of aryl methyl sites for hydroxylation is 1. The summed E-state index contributed by atoms with van der Waals surface area (Å²) in [5.41, 5.74) is 3.85. The van der Waals surface area contributed by atoms with E-state index in [0.29, 0.717) is 0 Å². The molecule has 1 fully saturated rings. The average Bonchev–Trinajstić information content (AvgIpc) is 3.08. The molecule has 1 aromatic heterocycles. The van der Waals surface area contributed by atoms with Crippen LogP contribution in [0.3, 0.4) is 0 Å². The maximum Gasteiger partial charge on any atom is 0.193 e. The molecular formula is C24H31IN4O. The quantitative estimate of drug-likeness (QED) is 0.291. The molecule has 30 heavy (non-hydrogen) atoms. The second-order valence-corrected chi connectivity index (χ2v) is 7.62. The van der Waals surface area contributed by atoms with E-state index in [1.807, 2.05) is 37.4 Å². The van der Waals surface area contributed by atoms with E-state index < -0.39 is 0 Å².